The Balaban J connectivity index is 2.54. The summed E-state index contributed by atoms with van der Waals surface area (Å²) in [5.41, 5.74) is 0. The molecule has 1 rings (SSSR count). The molecular weight excluding hydrogens is 266 g/mol. The first-order valence-electron chi connectivity index (χ1n) is 5.17. The molecule has 1 saturated heterocycles. The lowest BCUT2D eigenvalue weighted by Gasteiger charge is -2.30. The van der Waals surface area contributed by atoms with Crippen molar-refractivity contribution >= 4 is 21.4 Å². The second-order valence-electron chi connectivity index (χ2n) is 3.58. The number of hydrogen-bond donors (Lipinski definition) is 0. The lowest BCUT2D eigenvalue weighted by Crippen LogP contribution is -2.50. The van der Waals surface area contributed by atoms with Gasteiger partial charge in [0, 0.05) is 19.0 Å². The molecule has 0 aromatic rings. The number of halogens is 6. The molecule has 0 aliphatic carbocycles. The molecule has 0 N–H and O–H groups in total. The Morgan fingerprint density at radius 1 is 0.556 bits per heavy atom. The average Bonchev–Trinajstić information content (AvgIpc) is 2.12. The number of hydrogen-bond acceptors (Lipinski definition) is 3. The molecule has 12 heteroatoms. The van der Waals surface area contributed by atoms with Crippen molar-refractivity contribution in [2.24, 2.45) is 0 Å². The van der Waals surface area contributed by atoms with Gasteiger partial charge in [-0.1, -0.05) is 0 Å². The first-order valence-corrected chi connectivity index (χ1v) is 5.17. The van der Waals surface area contributed by atoms with E-state index < -0.39 is 59.6 Å². The van der Waals surface area contributed by atoms with Crippen molar-refractivity contribution in [1.82, 2.24) is 0 Å². The summed E-state index contributed by atoms with van der Waals surface area (Å²) < 4.78 is 86.6. The lowest BCUT2D eigenvalue weighted by molar-refractivity contribution is 0.138. The predicted octanol–water partition coefficient (Wildman–Crippen LogP) is 2.31. The molecule has 1 heterocycles. The molecule has 3 nitrogen and oxygen atoms in total. The molecule has 1 aliphatic heterocycles. The van der Waals surface area contributed by atoms with E-state index >= 15 is 0 Å². The minimum absolute atomic E-state index is 0.886. The first-order chi connectivity index (χ1) is 8.36. The van der Waals surface area contributed by atoms with Crippen LogP contribution in [0.4, 0.5) is 26.3 Å². The van der Waals surface area contributed by atoms with Crippen molar-refractivity contribution in [2.45, 2.75) is 38.2 Å². The molecular formula is C6H9B3F6O3. The van der Waals surface area contributed by atoms with E-state index in [0.717, 1.165) is 0 Å². The molecule has 0 radical (unpaired) electrons. The van der Waals surface area contributed by atoms with Crippen molar-refractivity contribution < 1.29 is 40.1 Å². The predicted molar refractivity (Wildman–Crippen MR) is 53.0 cm³/mol. The van der Waals surface area contributed by atoms with Gasteiger partial charge in [0.1, 0.15) is 0 Å². The quantitative estimate of drug-likeness (QED) is 0.550. The van der Waals surface area contributed by atoms with Gasteiger partial charge in [0.05, 0.1) is 0 Å². The monoisotopic (exact) mass is 276 g/mol. The number of rotatable bonds is 6. The molecule has 102 valence electrons. The highest BCUT2D eigenvalue weighted by Gasteiger charge is 2.43. The Hall–Kier alpha value is -0.345. The van der Waals surface area contributed by atoms with Crippen molar-refractivity contribution in [1.29, 1.82) is 0 Å². The maximum absolute atomic E-state index is 12.1. The molecule has 0 saturated carbocycles. The van der Waals surface area contributed by atoms with Crippen LogP contribution in [0.25, 0.3) is 0 Å². The summed E-state index contributed by atoms with van der Waals surface area (Å²) in [6, 6.07) is 0. The van der Waals surface area contributed by atoms with Crippen LogP contribution in [0, 0.1) is 0 Å². The number of alkyl halides is 6. The average molecular weight is 276 g/mol. The van der Waals surface area contributed by atoms with Crippen LogP contribution in [0.5, 0.6) is 0 Å². The summed E-state index contributed by atoms with van der Waals surface area (Å²) in [4.78, 5) is 0. The highest BCUT2D eigenvalue weighted by atomic mass is 19.3. The Bertz CT molecular complexity index is 205. The molecule has 18 heavy (non-hydrogen) atoms. The molecule has 0 amide bonds. The minimum Gasteiger partial charge on any atom is -0.452 e. The van der Waals surface area contributed by atoms with Gasteiger partial charge in [-0.2, -0.15) is 0 Å². The Kier molecular flexibility index (Phi) is 6.37. The Morgan fingerprint density at radius 2 is 0.778 bits per heavy atom. The molecule has 0 spiro atoms. The highest BCUT2D eigenvalue weighted by molar-refractivity contribution is 6.73. The van der Waals surface area contributed by atoms with Gasteiger partial charge in [-0.3, -0.25) is 0 Å². The zero-order valence-electron chi connectivity index (χ0n) is 9.08. The van der Waals surface area contributed by atoms with Crippen LogP contribution in [0.2, 0.25) is 19.0 Å². The first kappa shape index (κ1) is 15.7. The zero-order chi connectivity index (χ0) is 13.7. The van der Waals surface area contributed by atoms with Crippen LogP contribution in [0.1, 0.15) is 0 Å². The van der Waals surface area contributed by atoms with Crippen molar-refractivity contribution in [3.8, 4) is 0 Å². The fraction of sp³-hybridized carbons (Fsp3) is 1.00. The van der Waals surface area contributed by atoms with E-state index in [2.05, 4.69) is 13.7 Å². The van der Waals surface area contributed by atoms with Crippen LogP contribution in [0.15, 0.2) is 0 Å². The van der Waals surface area contributed by atoms with Crippen molar-refractivity contribution in [3.63, 3.8) is 0 Å². The summed E-state index contributed by atoms with van der Waals surface area (Å²) in [5, 5.41) is 0. The van der Waals surface area contributed by atoms with Crippen LogP contribution in [-0.2, 0) is 13.7 Å². The highest BCUT2D eigenvalue weighted by Crippen LogP contribution is 2.22. The summed E-state index contributed by atoms with van der Waals surface area (Å²) in [5.74, 6) is 0. The van der Waals surface area contributed by atoms with Gasteiger partial charge in [0.25, 0.3) is 0 Å². The third-order valence-corrected chi connectivity index (χ3v) is 2.02. The van der Waals surface area contributed by atoms with E-state index in [9.17, 15) is 26.3 Å². The molecule has 0 aromatic carbocycles. The Morgan fingerprint density at radius 3 is 0.944 bits per heavy atom. The van der Waals surface area contributed by atoms with Crippen LogP contribution < -0.4 is 0 Å². The van der Waals surface area contributed by atoms with Crippen LogP contribution >= 0.6 is 0 Å². The molecule has 0 bridgehead atoms. The van der Waals surface area contributed by atoms with Gasteiger partial charge in [-0.25, -0.2) is 26.3 Å². The second-order valence-corrected chi connectivity index (χ2v) is 3.58. The Labute approximate surface area is 101 Å². The summed E-state index contributed by atoms with van der Waals surface area (Å²) in [6.45, 7) is 0. The molecule has 0 atom stereocenters. The van der Waals surface area contributed by atoms with Gasteiger partial charge in [0.15, 0.2) is 0 Å². The largest absolute Gasteiger partial charge is 0.452 e. The summed E-state index contributed by atoms with van der Waals surface area (Å²) >= 11 is 0. The molecule has 0 aromatic heterocycles. The lowest BCUT2D eigenvalue weighted by atomic mass is 9.65. The van der Waals surface area contributed by atoms with Crippen molar-refractivity contribution in [2.75, 3.05) is 0 Å². The fourth-order valence-corrected chi connectivity index (χ4v) is 1.37. The van der Waals surface area contributed by atoms with E-state index in [1.54, 1.807) is 0 Å². The summed E-state index contributed by atoms with van der Waals surface area (Å²) in [6.07, 6.45) is -11.1. The van der Waals surface area contributed by atoms with Crippen LogP contribution in [-0.4, -0.2) is 40.6 Å². The van der Waals surface area contributed by atoms with Gasteiger partial charge in [0.2, 0.25) is 19.3 Å². The minimum atomic E-state index is -2.80. The van der Waals surface area contributed by atoms with Gasteiger partial charge < -0.3 is 13.7 Å². The van der Waals surface area contributed by atoms with Crippen molar-refractivity contribution in [3.05, 3.63) is 0 Å². The third-order valence-electron chi connectivity index (χ3n) is 2.02. The maximum atomic E-state index is 12.1. The standard InChI is InChI=1S/C6H9B3F6O3/c10-4(11)1-7-16-8(2-5(12)13)18-9(17-7)3-6(14)15/h4-6H,1-3H2. The molecule has 1 aliphatic rings. The normalized spacial score (nSPS) is 17.5. The summed E-state index contributed by atoms with van der Waals surface area (Å²) in [7, 11) is -4.57. The third kappa shape index (κ3) is 6.01. The van der Waals surface area contributed by atoms with E-state index in [4.69, 9.17) is 0 Å². The topological polar surface area (TPSA) is 27.7 Å². The SMILES string of the molecule is FC(F)CB1OB(CC(F)F)OB(CC(F)F)O1. The smallest absolute Gasteiger partial charge is 0.435 e. The second kappa shape index (κ2) is 7.29. The maximum Gasteiger partial charge on any atom is 0.435 e. The van der Waals surface area contributed by atoms with E-state index in [-0.39, 0.29) is 0 Å². The van der Waals surface area contributed by atoms with Gasteiger partial charge in [-0.05, 0) is 0 Å². The molecule has 1 fully saturated rings. The van der Waals surface area contributed by atoms with Crippen LogP contribution in [0.3, 0.4) is 0 Å². The molecule has 0 unspecified atom stereocenters. The van der Waals surface area contributed by atoms with Gasteiger partial charge in [-0.15, -0.1) is 0 Å². The zero-order valence-corrected chi connectivity index (χ0v) is 9.08. The van der Waals surface area contributed by atoms with Gasteiger partial charge >= 0.3 is 21.4 Å². The fourth-order valence-electron chi connectivity index (χ4n) is 1.37. The van der Waals surface area contributed by atoms with E-state index in [0.29, 0.717) is 0 Å². The van der Waals surface area contributed by atoms with E-state index in [1.165, 1.54) is 0 Å². The van der Waals surface area contributed by atoms with E-state index in [1.807, 2.05) is 0 Å².